The van der Waals surface area contributed by atoms with Gasteiger partial charge < -0.3 is 14.4 Å². The van der Waals surface area contributed by atoms with Crippen molar-refractivity contribution in [1.29, 1.82) is 0 Å². The normalized spacial score (nSPS) is 11.9. The SMILES string of the molecule is CCCN(C(=O)CC)C(Cl)Cc1ccc(OC)c(OC)c1. The smallest absolute Gasteiger partial charge is 0.223 e. The van der Waals surface area contributed by atoms with E-state index in [-0.39, 0.29) is 11.4 Å². The van der Waals surface area contributed by atoms with Crippen LogP contribution in [0.15, 0.2) is 18.2 Å². The molecule has 0 spiro atoms. The van der Waals surface area contributed by atoms with Gasteiger partial charge in [-0.1, -0.05) is 31.5 Å². The van der Waals surface area contributed by atoms with Crippen molar-refractivity contribution in [3.63, 3.8) is 0 Å². The van der Waals surface area contributed by atoms with Gasteiger partial charge in [-0.3, -0.25) is 4.79 Å². The second-order valence-electron chi connectivity index (χ2n) is 4.77. The number of carbonyl (C=O) groups excluding carboxylic acids is 1. The van der Waals surface area contributed by atoms with Gasteiger partial charge in [-0.25, -0.2) is 0 Å². The summed E-state index contributed by atoms with van der Waals surface area (Å²) in [5.41, 5.74) is 0.660. The van der Waals surface area contributed by atoms with Crippen molar-refractivity contribution in [2.24, 2.45) is 0 Å². The van der Waals surface area contributed by atoms with E-state index in [1.54, 1.807) is 19.1 Å². The molecule has 1 unspecified atom stereocenters. The third kappa shape index (κ3) is 4.81. The van der Waals surface area contributed by atoms with E-state index >= 15 is 0 Å². The highest BCUT2D eigenvalue weighted by Crippen LogP contribution is 2.28. The predicted molar refractivity (Wildman–Crippen MR) is 85.2 cm³/mol. The number of hydrogen-bond donors (Lipinski definition) is 0. The summed E-state index contributed by atoms with van der Waals surface area (Å²) in [7, 11) is 3.20. The van der Waals surface area contributed by atoms with Crippen LogP contribution in [0.25, 0.3) is 0 Å². The highest BCUT2D eigenvalue weighted by Gasteiger charge is 2.20. The van der Waals surface area contributed by atoms with Crippen molar-refractivity contribution in [1.82, 2.24) is 4.90 Å². The Kier molecular flexibility index (Phi) is 7.37. The van der Waals surface area contributed by atoms with Gasteiger partial charge >= 0.3 is 0 Å². The first-order valence-corrected chi connectivity index (χ1v) is 7.65. The molecule has 0 aliphatic carbocycles. The lowest BCUT2D eigenvalue weighted by Gasteiger charge is -2.27. The lowest BCUT2D eigenvalue weighted by atomic mass is 10.1. The Morgan fingerprint density at radius 2 is 1.90 bits per heavy atom. The van der Waals surface area contributed by atoms with Crippen molar-refractivity contribution < 1.29 is 14.3 Å². The van der Waals surface area contributed by atoms with E-state index in [0.29, 0.717) is 30.9 Å². The molecule has 1 aromatic carbocycles. The number of hydrogen-bond acceptors (Lipinski definition) is 3. The Morgan fingerprint density at radius 3 is 2.43 bits per heavy atom. The van der Waals surface area contributed by atoms with E-state index in [2.05, 4.69) is 0 Å². The molecule has 0 radical (unpaired) electrons. The van der Waals surface area contributed by atoms with Gasteiger partial charge in [0.15, 0.2) is 11.5 Å². The summed E-state index contributed by atoms with van der Waals surface area (Å²) in [5, 5.41) is 0. The zero-order valence-electron chi connectivity index (χ0n) is 13.2. The molecule has 0 N–H and O–H groups in total. The van der Waals surface area contributed by atoms with E-state index in [9.17, 15) is 4.79 Å². The van der Waals surface area contributed by atoms with Gasteiger partial charge in [0.1, 0.15) is 5.50 Å². The second kappa shape index (κ2) is 8.78. The molecule has 1 amide bonds. The molecule has 0 aromatic heterocycles. The number of benzene rings is 1. The Morgan fingerprint density at radius 1 is 1.24 bits per heavy atom. The van der Waals surface area contributed by atoms with Crippen LogP contribution in [0.1, 0.15) is 32.3 Å². The number of methoxy groups -OCH3 is 2. The molecule has 0 saturated carbocycles. The first-order chi connectivity index (χ1) is 10.1. The van der Waals surface area contributed by atoms with E-state index in [1.165, 1.54) is 0 Å². The summed E-state index contributed by atoms with van der Waals surface area (Å²) < 4.78 is 10.5. The fourth-order valence-corrected chi connectivity index (χ4v) is 2.56. The molecular weight excluding hydrogens is 290 g/mol. The largest absolute Gasteiger partial charge is 0.493 e. The highest BCUT2D eigenvalue weighted by molar-refractivity contribution is 6.21. The van der Waals surface area contributed by atoms with E-state index < -0.39 is 0 Å². The first-order valence-electron chi connectivity index (χ1n) is 7.21. The summed E-state index contributed by atoms with van der Waals surface area (Å²) in [6.45, 7) is 4.56. The van der Waals surface area contributed by atoms with Gasteiger partial charge in [-0.05, 0) is 24.1 Å². The van der Waals surface area contributed by atoms with Gasteiger partial charge in [0.25, 0.3) is 0 Å². The molecule has 0 aliphatic rings. The van der Waals surface area contributed by atoms with Crippen LogP contribution in [0.3, 0.4) is 0 Å². The summed E-state index contributed by atoms with van der Waals surface area (Å²) in [5.74, 6) is 1.43. The van der Waals surface area contributed by atoms with Crippen LogP contribution in [0, 0.1) is 0 Å². The van der Waals surface area contributed by atoms with Gasteiger partial charge in [0.2, 0.25) is 5.91 Å². The average Bonchev–Trinajstić information content (AvgIpc) is 2.51. The Balaban J connectivity index is 2.85. The van der Waals surface area contributed by atoms with Crippen LogP contribution >= 0.6 is 11.6 Å². The third-order valence-corrected chi connectivity index (χ3v) is 3.67. The molecule has 1 rings (SSSR count). The fourth-order valence-electron chi connectivity index (χ4n) is 2.18. The van der Waals surface area contributed by atoms with E-state index in [0.717, 1.165) is 12.0 Å². The lowest BCUT2D eigenvalue weighted by molar-refractivity contribution is -0.131. The third-order valence-electron chi connectivity index (χ3n) is 3.28. The quantitative estimate of drug-likeness (QED) is 0.545. The van der Waals surface area contributed by atoms with Crippen LogP contribution in [0.5, 0.6) is 11.5 Å². The number of amides is 1. The van der Waals surface area contributed by atoms with Gasteiger partial charge in [0, 0.05) is 19.4 Å². The van der Waals surface area contributed by atoms with Crippen LogP contribution in [0.2, 0.25) is 0 Å². The minimum atomic E-state index is -0.351. The zero-order chi connectivity index (χ0) is 15.8. The van der Waals surface area contributed by atoms with Crippen molar-refractivity contribution >= 4 is 17.5 Å². The van der Waals surface area contributed by atoms with Gasteiger partial charge in [-0.2, -0.15) is 0 Å². The molecule has 4 nitrogen and oxygen atoms in total. The zero-order valence-corrected chi connectivity index (χ0v) is 13.9. The van der Waals surface area contributed by atoms with Crippen LogP contribution in [0.4, 0.5) is 0 Å². The Hall–Kier alpha value is -1.42. The first kappa shape index (κ1) is 17.6. The van der Waals surface area contributed by atoms with E-state index in [4.69, 9.17) is 21.1 Å². The number of alkyl halides is 1. The van der Waals surface area contributed by atoms with Crippen molar-refractivity contribution in [3.8, 4) is 11.5 Å². The molecule has 1 atom stereocenters. The molecule has 0 saturated heterocycles. The maximum absolute atomic E-state index is 12.0. The maximum Gasteiger partial charge on any atom is 0.223 e. The number of carbonyl (C=O) groups is 1. The molecule has 0 bridgehead atoms. The Labute approximate surface area is 132 Å². The molecule has 0 heterocycles. The lowest BCUT2D eigenvalue weighted by Crippen LogP contribution is -2.38. The predicted octanol–water partition coefficient (Wildman–Crippen LogP) is 3.46. The van der Waals surface area contributed by atoms with Crippen LogP contribution < -0.4 is 9.47 Å². The Bertz CT molecular complexity index is 465. The highest BCUT2D eigenvalue weighted by atomic mass is 35.5. The molecule has 0 aliphatic heterocycles. The number of nitrogens with zero attached hydrogens (tertiary/aromatic N) is 1. The standard InChI is InChI=1S/C16H24ClNO3/c1-5-9-18(16(19)6-2)15(17)11-12-7-8-13(20-3)14(10-12)21-4/h7-8,10,15H,5-6,9,11H2,1-4H3. The second-order valence-corrected chi connectivity index (χ2v) is 5.27. The number of rotatable bonds is 8. The molecule has 1 aromatic rings. The summed E-state index contributed by atoms with van der Waals surface area (Å²) in [4.78, 5) is 13.7. The monoisotopic (exact) mass is 313 g/mol. The van der Waals surface area contributed by atoms with Crippen molar-refractivity contribution in [2.75, 3.05) is 20.8 Å². The molecule has 118 valence electrons. The minimum Gasteiger partial charge on any atom is -0.493 e. The van der Waals surface area contributed by atoms with Crippen LogP contribution in [-0.4, -0.2) is 37.1 Å². The van der Waals surface area contributed by atoms with Gasteiger partial charge in [0.05, 0.1) is 14.2 Å². The number of ether oxygens (including phenoxy) is 2. The topological polar surface area (TPSA) is 38.8 Å². The molecule has 21 heavy (non-hydrogen) atoms. The maximum atomic E-state index is 12.0. The average molecular weight is 314 g/mol. The van der Waals surface area contributed by atoms with Crippen LogP contribution in [-0.2, 0) is 11.2 Å². The minimum absolute atomic E-state index is 0.0809. The molecule has 5 heteroatoms. The van der Waals surface area contributed by atoms with Crippen molar-refractivity contribution in [3.05, 3.63) is 23.8 Å². The molecule has 0 fully saturated rings. The summed E-state index contributed by atoms with van der Waals surface area (Å²) in [6, 6.07) is 5.69. The summed E-state index contributed by atoms with van der Waals surface area (Å²) in [6.07, 6.45) is 1.93. The summed E-state index contributed by atoms with van der Waals surface area (Å²) >= 11 is 6.44. The number of halogens is 1. The van der Waals surface area contributed by atoms with Gasteiger partial charge in [-0.15, -0.1) is 0 Å². The molecular formula is C16H24ClNO3. The van der Waals surface area contributed by atoms with Crippen molar-refractivity contribution in [2.45, 2.75) is 38.6 Å². The fraction of sp³-hybridized carbons (Fsp3) is 0.562. The van der Waals surface area contributed by atoms with E-state index in [1.807, 2.05) is 32.0 Å².